The Bertz CT molecular complexity index is 1150. The number of methoxy groups -OCH3 is 1. The van der Waals surface area contributed by atoms with Gasteiger partial charge in [-0.2, -0.15) is 4.31 Å². The number of carbonyl (C=O) groups excluding carboxylic acids is 1. The molecule has 1 amide bonds. The predicted molar refractivity (Wildman–Crippen MR) is 158 cm³/mol. The Kier molecular flexibility index (Phi) is 10.8. The summed E-state index contributed by atoms with van der Waals surface area (Å²) in [6.45, 7) is 10.3. The molecule has 0 saturated carbocycles. The lowest BCUT2D eigenvalue weighted by atomic mass is 9.99. The quantitative estimate of drug-likeness (QED) is 0.416. The van der Waals surface area contributed by atoms with Gasteiger partial charge in [-0.25, -0.2) is 8.42 Å². The Morgan fingerprint density at radius 3 is 2.33 bits per heavy atom. The van der Waals surface area contributed by atoms with E-state index in [0.717, 1.165) is 45.7 Å². The van der Waals surface area contributed by atoms with Gasteiger partial charge in [-0.3, -0.25) is 14.6 Å². The standard InChI is InChI=1S/C30H48N4O7S/c1-23-18-27(38-3)19-24(2)30(23)42(36,37)34-14-17-40-20-26(34)21-41-22-29(35)32-12-10-31(11-13-32)28-6-4-5-9-33(28)25-7-15-39-16-8-25/h18-19,25-26,28H,4-17,20-22H2,1-3H3/t26-,28?/m0/s1. The van der Waals surface area contributed by atoms with Crippen LogP contribution in [0, 0.1) is 13.8 Å². The molecule has 0 aromatic heterocycles. The average molecular weight is 609 g/mol. The molecule has 11 nitrogen and oxygen atoms in total. The predicted octanol–water partition coefficient (Wildman–Crippen LogP) is 1.85. The number of sulfonamides is 1. The van der Waals surface area contributed by atoms with Crippen LogP contribution in [0.1, 0.15) is 43.2 Å². The van der Waals surface area contributed by atoms with Gasteiger partial charge in [0, 0.05) is 52.0 Å². The molecule has 0 radical (unpaired) electrons. The van der Waals surface area contributed by atoms with E-state index in [1.165, 1.54) is 23.6 Å². The van der Waals surface area contributed by atoms with Crippen molar-refractivity contribution in [3.63, 3.8) is 0 Å². The van der Waals surface area contributed by atoms with E-state index >= 15 is 0 Å². The number of benzene rings is 1. The van der Waals surface area contributed by atoms with Crippen molar-refractivity contribution in [2.75, 3.05) is 86.0 Å². The molecule has 12 heteroatoms. The van der Waals surface area contributed by atoms with Crippen molar-refractivity contribution in [2.45, 2.75) is 69.1 Å². The van der Waals surface area contributed by atoms with E-state index in [2.05, 4.69) is 9.80 Å². The first-order chi connectivity index (χ1) is 20.3. The van der Waals surface area contributed by atoms with Crippen molar-refractivity contribution in [1.82, 2.24) is 19.0 Å². The van der Waals surface area contributed by atoms with Gasteiger partial charge >= 0.3 is 0 Å². The minimum atomic E-state index is -3.79. The molecule has 4 aliphatic heterocycles. The van der Waals surface area contributed by atoms with Gasteiger partial charge in [-0.05, 0) is 75.8 Å². The van der Waals surface area contributed by atoms with Crippen LogP contribution < -0.4 is 4.74 Å². The summed E-state index contributed by atoms with van der Waals surface area (Å²) >= 11 is 0. The summed E-state index contributed by atoms with van der Waals surface area (Å²) in [5.74, 6) is 0.577. The van der Waals surface area contributed by atoms with Gasteiger partial charge in [-0.15, -0.1) is 0 Å². The summed E-state index contributed by atoms with van der Waals surface area (Å²) in [6, 6.07) is 3.57. The van der Waals surface area contributed by atoms with E-state index in [4.69, 9.17) is 18.9 Å². The van der Waals surface area contributed by atoms with Crippen LogP contribution in [0.15, 0.2) is 17.0 Å². The summed E-state index contributed by atoms with van der Waals surface area (Å²) in [6.07, 6.45) is 6.37. The first-order valence-corrected chi connectivity index (χ1v) is 16.9. The average Bonchev–Trinajstić information content (AvgIpc) is 3.01. The van der Waals surface area contributed by atoms with Crippen molar-refractivity contribution in [2.24, 2.45) is 0 Å². The van der Waals surface area contributed by atoms with E-state index in [-0.39, 0.29) is 37.2 Å². The second-order valence-electron chi connectivity index (χ2n) is 11.9. The summed E-state index contributed by atoms with van der Waals surface area (Å²) in [5, 5.41) is 0. The molecule has 0 N–H and O–H groups in total. The van der Waals surface area contributed by atoms with Crippen LogP contribution in [0.4, 0.5) is 0 Å². The molecule has 0 bridgehead atoms. The third kappa shape index (κ3) is 7.11. The molecule has 1 unspecified atom stereocenters. The van der Waals surface area contributed by atoms with Crippen LogP contribution in [-0.2, 0) is 29.0 Å². The third-order valence-corrected chi connectivity index (χ3v) is 11.5. The minimum Gasteiger partial charge on any atom is -0.497 e. The smallest absolute Gasteiger partial charge is 0.248 e. The number of aryl methyl sites for hydroxylation is 2. The molecular weight excluding hydrogens is 560 g/mol. The van der Waals surface area contributed by atoms with Gasteiger partial charge in [0.05, 0.1) is 44.0 Å². The van der Waals surface area contributed by atoms with Crippen molar-refractivity contribution in [3.8, 4) is 5.75 Å². The molecule has 2 atom stereocenters. The molecule has 5 rings (SSSR count). The molecule has 42 heavy (non-hydrogen) atoms. The molecule has 4 heterocycles. The highest BCUT2D eigenvalue weighted by Gasteiger charge is 2.37. The number of nitrogens with zero attached hydrogens (tertiary/aromatic N) is 4. The van der Waals surface area contributed by atoms with E-state index in [1.54, 1.807) is 33.1 Å². The molecule has 0 spiro atoms. The van der Waals surface area contributed by atoms with Crippen molar-refractivity contribution >= 4 is 15.9 Å². The lowest BCUT2D eigenvalue weighted by Crippen LogP contribution is -2.60. The van der Waals surface area contributed by atoms with Crippen LogP contribution in [0.3, 0.4) is 0 Å². The van der Waals surface area contributed by atoms with Gasteiger partial charge in [0.25, 0.3) is 0 Å². The topological polar surface area (TPSA) is 101 Å². The van der Waals surface area contributed by atoms with E-state index in [1.807, 2.05) is 4.90 Å². The van der Waals surface area contributed by atoms with Gasteiger partial charge in [0.15, 0.2) is 0 Å². The van der Waals surface area contributed by atoms with Gasteiger partial charge in [0.2, 0.25) is 15.9 Å². The number of rotatable bonds is 9. The number of carbonyl (C=O) groups is 1. The van der Waals surface area contributed by atoms with E-state index in [0.29, 0.717) is 48.8 Å². The summed E-state index contributed by atoms with van der Waals surface area (Å²) in [7, 11) is -2.23. The number of piperazine rings is 1. The largest absolute Gasteiger partial charge is 0.497 e. The number of likely N-dealkylation sites (tertiary alicyclic amines) is 1. The Balaban J connectivity index is 1.13. The number of hydrogen-bond donors (Lipinski definition) is 0. The molecule has 1 aromatic carbocycles. The Morgan fingerprint density at radius 1 is 0.929 bits per heavy atom. The lowest BCUT2D eigenvalue weighted by molar-refractivity contribution is -0.140. The second kappa shape index (κ2) is 14.3. The second-order valence-corrected chi connectivity index (χ2v) is 13.8. The zero-order valence-corrected chi connectivity index (χ0v) is 26.3. The zero-order valence-electron chi connectivity index (χ0n) is 25.5. The van der Waals surface area contributed by atoms with Crippen molar-refractivity contribution < 1.29 is 32.2 Å². The molecule has 1 aromatic rings. The summed E-state index contributed by atoms with van der Waals surface area (Å²) in [4.78, 5) is 20.5. The van der Waals surface area contributed by atoms with Gasteiger partial charge in [0.1, 0.15) is 12.4 Å². The third-order valence-electron chi connectivity index (χ3n) is 9.21. The van der Waals surface area contributed by atoms with Crippen LogP contribution in [0.25, 0.3) is 0 Å². The van der Waals surface area contributed by atoms with Crippen LogP contribution in [0.2, 0.25) is 0 Å². The Morgan fingerprint density at radius 2 is 1.64 bits per heavy atom. The van der Waals surface area contributed by atoms with Crippen LogP contribution in [0.5, 0.6) is 5.75 Å². The fourth-order valence-electron chi connectivity index (χ4n) is 7.05. The number of ether oxygens (including phenoxy) is 4. The molecule has 236 valence electrons. The summed E-state index contributed by atoms with van der Waals surface area (Å²) < 4.78 is 51.4. The molecule has 4 fully saturated rings. The molecule has 4 saturated heterocycles. The number of hydrogen-bond acceptors (Lipinski definition) is 9. The summed E-state index contributed by atoms with van der Waals surface area (Å²) in [5.41, 5.74) is 1.27. The molecule has 0 aliphatic carbocycles. The Hall–Kier alpha value is -1.80. The number of amides is 1. The van der Waals surface area contributed by atoms with Crippen LogP contribution >= 0.6 is 0 Å². The fourth-order valence-corrected chi connectivity index (χ4v) is 9.05. The maximum Gasteiger partial charge on any atom is 0.248 e. The molecule has 4 aliphatic rings. The van der Waals surface area contributed by atoms with Crippen molar-refractivity contribution in [1.29, 1.82) is 0 Å². The highest BCUT2D eigenvalue weighted by molar-refractivity contribution is 7.89. The van der Waals surface area contributed by atoms with E-state index in [9.17, 15) is 13.2 Å². The van der Waals surface area contributed by atoms with Gasteiger partial charge < -0.3 is 23.8 Å². The zero-order chi connectivity index (χ0) is 29.7. The normalized spacial score (nSPS) is 25.9. The lowest BCUT2D eigenvalue weighted by Gasteiger charge is -2.49. The monoisotopic (exact) mass is 608 g/mol. The highest BCUT2D eigenvalue weighted by Crippen LogP contribution is 2.30. The van der Waals surface area contributed by atoms with E-state index < -0.39 is 16.1 Å². The Labute approximate surface area is 251 Å². The highest BCUT2D eigenvalue weighted by atomic mass is 32.2. The number of piperidine rings is 1. The fraction of sp³-hybridized carbons (Fsp3) is 0.767. The maximum atomic E-state index is 13.8. The SMILES string of the molecule is COc1cc(C)c(S(=O)(=O)N2CCOC[C@H]2COCC(=O)N2CCN(C3CCCCN3C3CCOCC3)CC2)c(C)c1. The maximum absolute atomic E-state index is 13.8. The van der Waals surface area contributed by atoms with Crippen molar-refractivity contribution in [3.05, 3.63) is 23.3 Å². The first-order valence-electron chi connectivity index (χ1n) is 15.5. The van der Waals surface area contributed by atoms with Crippen LogP contribution in [-0.4, -0.2) is 138 Å². The minimum absolute atomic E-state index is 0.0486. The first kappa shape index (κ1) is 31.6. The molecular formula is C30H48N4O7S. The number of morpholine rings is 1. The van der Waals surface area contributed by atoms with Gasteiger partial charge in [-0.1, -0.05) is 0 Å².